The van der Waals surface area contributed by atoms with Gasteiger partial charge < -0.3 is 9.31 Å². The maximum Gasteiger partial charge on any atom is 0.494 e. The van der Waals surface area contributed by atoms with Gasteiger partial charge in [0.2, 0.25) is 0 Å². The summed E-state index contributed by atoms with van der Waals surface area (Å²) in [7, 11) is -0.396. The molecule has 1 fully saturated rings. The monoisotopic (exact) mass is 1170 g/mol. The van der Waals surface area contributed by atoms with Gasteiger partial charge in [0, 0.05) is 71.1 Å². The van der Waals surface area contributed by atoms with Crippen molar-refractivity contribution in [3.05, 3.63) is 285 Å². The molecule has 91 heavy (non-hydrogen) atoms. The van der Waals surface area contributed by atoms with E-state index < -0.39 is 7.12 Å². The highest BCUT2D eigenvalue weighted by molar-refractivity contribution is 6.62. The van der Waals surface area contributed by atoms with E-state index in [1.54, 1.807) is 0 Å². The predicted octanol–water partition coefficient (Wildman–Crippen LogP) is 19.8. The molecule has 0 unspecified atom stereocenters. The van der Waals surface area contributed by atoms with Crippen LogP contribution in [0.3, 0.4) is 0 Å². The highest BCUT2D eigenvalue weighted by atomic mass is 16.7. The summed E-state index contributed by atoms with van der Waals surface area (Å²) in [6, 6.07) is 98.9. The van der Waals surface area contributed by atoms with Gasteiger partial charge in [-0.15, -0.1) is 0 Å². The van der Waals surface area contributed by atoms with Gasteiger partial charge in [-0.3, -0.25) is 0 Å². The molecule has 0 amide bonds. The molecule has 1 aliphatic heterocycles. The minimum Gasteiger partial charge on any atom is -0.399 e. The normalized spacial score (nSPS) is 13.6. The fourth-order valence-corrected chi connectivity index (χ4v) is 12.7. The van der Waals surface area contributed by atoms with Crippen LogP contribution in [0.5, 0.6) is 0 Å². The molecule has 8 nitrogen and oxygen atoms in total. The molecule has 5 aromatic heterocycles. The number of fused-ring (bicyclic) bond motifs is 11. The fourth-order valence-electron chi connectivity index (χ4n) is 12.7. The van der Waals surface area contributed by atoms with Crippen LogP contribution in [0.15, 0.2) is 285 Å². The summed E-state index contributed by atoms with van der Waals surface area (Å²) in [6.45, 7) is 8.31. The molecule has 6 heterocycles. The summed E-state index contributed by atoms with van der Waals surface area (Å²) in [5.74, 6) is 0.707. The Balaban J connectivity index is 0.000000151. The van der Waals surface area contributed by atoms with Crippen molar-refractivity contribution in [3.8, 4) is 78.8 Å². The van der Waals surface area contributed by atoms with Crippen molar-refractivity contribution in [3.63, 3.8) is 0 Å². The molecule has 17 rings (SSSR count). The van der Waals surface area contributed by atoms with Crippen molar-refractivity contribution < 1.29 is 9.31 Å². The van der Waals surface area contributed by atoms with E-state index in [0.29, 0.717) is 5.82 Å². The molecule has 0 spiro atoms. The first-order valence-electron chi connectivity index (χ1n) is 30.9. The lowest BCUT2D eigenvalue weighted by Crippen LogP contribution is -2.41. The summed E-state index contributed by atoms with van der Waals surface area (Å²) < 4.78 is 12.6. The lowest BCUT2D eigenvalue weighted by molar-refractivity contribution is 0.00578. The van der Waals surface area contributed by atoms with Gasteiger partial charge in [-0.2, -0.15) is 0 Å². The molecule has 9 heteroatoms. The van der Waals surface area contributed by atoms with E-state index in [-0.39, 0.29) is 11.2 Å². The molecular weight excluding hydrogens is 1110 g/mol. The van der Waals surface area contributed by atoms with Crippen molar-refractivity contribution in [1.82, 2.24) is 29.9 Å². The van der Waals surface area contributed by atoms with Gasteiger partial charge in [-0.05, 0) is 116 Å². The molecule has 0 bridgehead atoms. The lowest BCUT2D eigenvalue weighted by atomic mass is 9.78. The summed E-state index contributed by atoms with van der Waals surface area (Å²) >= 11 is 0. The highest BCUT2D eigenvalue weighted by Crippen LogP contribution is 2.42. The molecule has 0 radical (unpaired) electrons. The number of pyridine rings is 4. The number of benzene rings is 11. The second-order valence-corrected chi connectivity index (χ2v) is 24.3. The molecule has 16 aromatic rings. The van der Waals surface area contributed by atoms with E-state index in [1.165, 1.54) is 10.8 Å². The largest absolute Gasteiger partial charge is 0.494 e. The SMILES string of the molecule is CC1(C)OB(c2ccc(-c3nc4ccccc4c4ccc5nc(-c6ccccc6)ccc5c34)cc2)OC1(C)C.c1ccc(-c2ccc3c(ccc4c5ccccc5nc(-c5ccc(-c6cccc(-c7nc(-c8ccccc8)c8ccccc8n7)c6)cc5)c34)n2)cc1. The zero-order chi connectivity index (χ0) is 61.2. The average molecular weight is 1170 g/mol. The predicted molar refractivity (Wildman–Crippen MR) is 376 cm³/mol. The van der Waals surface area contributed by atoms with Crippen molar-refractivity contribution in [1.29, 1.82) is 0 Å². The summed E-state index contributed by atoms with van der Waals surface area (Å²) in [4.78, 5) is 30.7. The van der Waals surface area contributed by atoms with Gasteiger partial charge in [0.05, 0.1) is 67.3 Å². The molecule has 1 saturated heterocycles. The Morgan fingerprint density at radius 3 is 1.15 bits per heavy atom. The minimum absolute atomic E-state index is 0.378. The Morgan fingerprint density at radius 2 is 0.637 bits per heavy atom. The number of hydrogen-bond donors (Lipinski definition) is 0. The fraction of sp³-hybridized carbons (Fsp3) is 0.0732. The van der Waals surface area contributed by atoms with Gasteiger partial charge in [0.15, 0.2) is 5.82 Å². The molecule has 0 N–H and O–H groups in total. The van der Waals surface area contributed by atoms with E-state index in [0.717, 1.165) is 144 Å². The molecule has 11 aromatic carbocycles. The molecular formula is C82H59BN6O2. The second-order valence-electron chi connectivity index (χ2n) is 24.3. The highest BCUT2D eigenvalue weighted by Gasteiger charge is 2.51. The van der Waals surface area contributed by atoms with Crippen molar-refractivity contribution in [2.24, 2.45) is 0 Å². The maximum atomic E-state index is 6.28. The molecule has 0 atom stereocenters. The maximum absolute atomic E-state index is 6.28. The smallest absolute Gasteiger partial charge is 0.399 e. The van der Waals surface area contributed by atoms with E-state index >= 15 is 0 Å². The van der Waals surface area contributed by atoms with Crippen LogP contribution in [-0.2, 0) is 9.31 Å². The van der Waals surface area contributed by atoms with Crippen LogP contribution < -0.4 is 5.46 Å². The van der Waals surface area contributed by atoms with Crippen molar-refractivity contribution in [2.45, 2.75) is 38.9 Å². The number of hydrogen-bond acceptors (Lipinski definition) is 8. The topological polar surface area (TPSA) is 95.8 Å². The Kier molecular flexibility index (Phi) is 13.7. The number of nitrogens with zero attached hydrogens (tertiary/aromatic N) is 6. The van der Waals surface area contributed by atoms with Gasteiger partial charge in [0.25, 0.3) is 0 Å². The Morgan fingerprint density at radius 1 is 0.253 bits per heavy atom. The zero-order valence-electron chi connectivity index (χ0n) is 50.7. The summed E-state index contributed by atoms with van der Waals surface area (Å²) in [5, 5.41) is 10.1. The van der Waals surface area contributed by atoms with Crippen LogP contribution in [-0.4, -0.2) is 48.2 Å². The summed E-state index contributed by atoms with van der Waals surface area (Å²) in [6.07, 6.45) is 0. The van der Waals surface area contributed by atoms with Crippen molar-refractivity contribution in [2.75, 3.05) is 0 Å². The summed E-state index contributed by atoms with van der Waals surface area (Å²) in [5.41, 5.74) is 18.3. The van der Waals surface area contributed by atoms with Gasteiger partial charge in [-0.25, -0.2) is 29.9 Å². The van der Waals surface area contributed by atoms with Gasteiger partial charge in [-0.1, -0.05) is 224 Å². The van der Waals surface area contributed by atoms with Crippen LogP contribution >= 0.6 is 0 Å². The Labute approximate surface area is 527 Å². The minimum atomic E-state index is -0.396. The lowest BCUT2D eigenvalue weighted by Gasteiger charge is -2.32. The quantitative estimate of drug-likeness (QED) is 0.110. The Bertz CT molecular complexity index is 5460. The van der Waals surface area contributed by atoms with E-state index in [9.17, 15) is 0 Å². The van der Waals surface area contributed by atoms with Crippen LogP contribution in [0.25, 0.3) is 155 Å². The molecule has 0 saturated carbocycles. The standard InChI is InChI=1S/C48H30N4.C34H29BN2O2/c1-3-12-32(13-4-1)41-28-27-39-44(49-41)29-26-38-37-18-7-9-20-42(37)50-47(45(38)39)34-24-22-31(23-25-34)35-16-11-17-36(30-35)48-51-43-21-10-8-19-40(43)46(52-48)33-14-5-2-6-15-33;1-33(2)34(3,4)39-35(38-33)24-16-14-23(15-17-24)32-31-26(25-12-8-9-13-29(25)37-32)18-21-30-27(31)19-20-28(36-30)22-10-6-5-7-11-22/h1-30H;5-21H,1-4H3. The third-order valence-corrected chi connectivity index (χ3v) is 18.2. The van der Waals surface area contributed by atoms with Crippen LogP contribution in [0, 0.1) is 0 Å². The first-order valence-corrected chi connectivity index (χ1v) is 30.9. The van der Waals surface area contributed by atoms with Crippen LogP contribution in [0.2, 0.25) is 0 Å². The first-order chi connectivity index (χ1) is 44.6. The van der Waals surface area contributed by atoms with Crippen LogP contribution in [0.1, 0.15) is 27.7 Å². The zero-order valence-corrected chi connectivity index (χ0v) is 50.7. The Hall–Kier alpha value is -11.1. The first kappa shape index (κ1) is 55.2. The van der Waals surface area contributed by atoms with E-state index in [4.69, 9.17) is 39.2 Å². The average Bonchev–Trinajstić information content (AvgIpc) is 1.66. The van der Waals surface area contributed by atoms with Gasteiger partial charge in [0.1, 0.15) is 0 Å². The third kappa shape index (κ3) is 10.1. The van der Waals surface area contributed by atoms with Gasteiger partial charge >= 0.3 is 7.12 Å². The molecule has 0 aliphatic carbocycles. The number of para-hydroxylation sites is 3. The van der Waals surface area contributed by atoms with Crippen LogP contribution in [0.4, 0.5) is 0 Å². The number of aromatic nitrogens is 6. The second kappa shape index (κ2) is 22.5. The van der Waals surface area contributed by atoms with E-state index in [2.05, 4.69) is 252 Å². The third-order valence-electron chi connectivity index (χ3n) is 18.2. The van der Waals surface area contributed by atoms with E-state index in [1.807, 2.05) is 60.7 Å². The molecule has 1 aliphatic rings. The van der Waals surface area contributed by atoms with Crippen molar-refractivity contribution >= 4 is 88.6 Å². The number of rotatable bonds is 8. The molecule has 432 valence electrons.